The zero-order valence-corrected chi connectivity index (χ0v) is 15.7. The van der Waals surface area contributed by atoms with Gasteiger partial charge in [0.25, 0.3) is 12.0 Å². The van der Waals surface area contributed by atoms with Crippen LogP contribution in [0.3, 0.4) is 0 Å². The number of pyridine rings is 1. The molecule has 0 bridgehead atoms. The number of para-hydroxylation sites is 1. The molecule has 0 saturated carbocycles. The molecule has 2 aromatic rings. The van der Waals surface area contributed by atoms with Gasteiger partial charge in [-0.2, -0.15) is 0 Å². The predicted molar refractivity (Wildman–Crippen MR) is 102 cm³/mol. The number of benzene rings is 1. The number of aromatic nitrogens is 1. The minimum Gasteiger partial charge on any atom is -0.483 e. The third-order valence-corrected chi connectivity index (χ3v) is 6.09. The molecule has 8 nitrogen and oxygen atoms in total. The summed E-state index contributed by atoms with van der Waals surface area (Å²) in [5.41, 5.74) is 1.31. The van der Waals surface area contributed by atoms with Crippen molar-refractivity contribution in [2.75, 3.05) is 19.7 Å². The molecule has 4 heterocycles. The summed E-state index contributed by atoms with van der Waals surface area (Å²) in [4.78, 5) is 37.6. The number of carbonyl (C=O) groups excluding carboxylic acids is 1. The highest BCUT2D eigenvalue weighted by molar-refractivity contribution is 5.81. The Bertz CT molecular complexity index is 987. The average Bonchev–Trinajstić information content (AvgIpc) is 3.32. The Balaban J connectivity index is 0.000000604. The fourth-order valence-corrected chi connectivity index (χ4v) is 4.89. The smallest absolute Gasteiger partial charge is 0.290 e. The van der Waals surface area contributed by atoms with E-state index in [-0.39, 0.29) is 24.0 Å². The Morgan fingerprint density at radius 1 is 1.29 bits per heavy atom. The number of nitrogens with zero attached hydrogens (tertiary/aromatic N) is 3. The van der Waals surface area contributed by atoms with Gasteiger partial charge in [0, 0.05) is 45.1 Å². The summed E-state index contributed by atoms with van der Waals surface area (Å²) >= 11 is 0. The molecule has 1 N–H and O–H groups in total. The summed E-state index contributed by atoms with van der Waals surface area (Å²) < 4.78 is 7.75. The van der Waals surface area contributed by atoms with Crippen LogP contribution in [0.4, 0.5) is 0 Å². The van der Waals surface area contributed by atoms with Gasteiger partial charge in [0.15, 0.2) is 5.72 Å². The van der Waals surface area contributed by atoms with Crippen LogP contribution in [0.5, 0.6) is 0 Å². The second kappa shape index (κ2) is 7.03. The number of likely N-dealkylation sites (tertiary alicyclic amines) is 1. The zero-order chi connectivity index (χ0) is 19.9. The molecule has 1 spiro atoms. The van der Waals surface area contributed by atoms with Gasteiger partial charge in [-0.1, -0.05) is 18.2 Å². The van der Waals surface area contributed by atoms with E-state index in [0.29, 0.717) is 26.1 Å². The fourth-order valence-electron chi connectivity index (χ4n) is 4.89. The van der Waals surface area contributed by atoms with E-state index in [2.05, 4.69) is 4.90 Å². The number of ether oxygens (including phenoxy) is 1. The SMILES string of the molecule is Cn1c(=O)c(CN2CC[C@@]34OCCN3C(=O)C[C@@H]24)cc2ccccc21.O=CO. The highest BCUT2D eigenvalue weighted by Gasteiger charge is 2.61. The quantitative estimate of drug-likeness (QED) is 0.768. The highest BCUT2D eigenvalue weighted by Crippen LogP contribution is 2.45. The number of hydrogen-bond donors (Lipinski definition) is 1. The Hall–Kier alpha value is -2.71. The lowest BCUT2D eigenvalue weighted by molar-refractivity contribution is -0.136. The second-order valence-corrected chi connectivity index (χ2v) is 7.38. The Morgan fingerprint density at radius 3 is 2.82 bits per heavy atom. The maximum Gasteiger partial charge on any atom is 0.290 e. The second-order valence-electron chi connectivity index (χ2n) is 7.38. The van der Waals surface area contributed by atoms with Crippen LogP contribution >= 0.6 is 0 Å². The van der Waals surface area contributed by atoms with Gasteiger partial charge in [-0.05, 0) is 17.5 Å². The standard InChI is InChI=1S/C19H21N3O3.CH2O2/c1-20-15-5-3-2-4-13(15)10-14(18(20)24)12-21-7-6-19-16(21)11-17(23)22(19)8-9-25-19;2-1-3/h2-5,10,16H,6-9,11-12H2,1H3;1H,(H,2,3)/t16-,19+;/m1./s1. The van der Waals surface area contributed by atoms with Crippen LogP contribution in [0.15, 0.2) is 35.1 Å². The minimum absolute atomic E-state index is 0.0353. The lowest BCUT2D eigenvalue weighted by Crippen LogP contribution is -2.47. The van der Waals surface area contributed by atoms with E-state index in [9.17, 15) is 9.59 Å². The summed E-state index contributed by atoms with van der Waals surface area (Å²) in [6.45, 7) is 2.48. The molecule has 1 aromatic heterocycles. The van der Waals surface area contributed by atoms with E-state index in [4.69, 9.17) is 14.6 Å². The molecule has 28 heavy (non-hydrogen) atoms. The Morgan fingerprint density at radius 2 is 2.04 bits per heavy atom. The first kappa shape index (κ1) is 18.6. The fraction of sp³-hybridized carbons (Fsp3) is 0.450. The Kier molecular flexibility index (Phi) is 4.68. The van der Waals surface area contributed by atoms with Crippen molar-refractivity contribution in [3.8, 4) is 0 Å². The van der Waals surface area contributed by atoms with Gasteiger partial charge >= 0.3 is 0 Å². The van der Waals surface area contributed by atoms with Crippen LogP contribution in [0, 0.1) is 0 Å². The number of aryl methyl sites for hydroxylation is 1. The lowest BCUT2D eigenvalue weighted by atomic mass is 10.1. The highest BCUT2D eigenvalue weighted by atomic mass is 16.5. The van der Waals surface area contributed by atoms with Crippen LogP contribution in [-0.2, 0) is 27.9 Å². The van der Waals surface area contributed by atoms with E-state index in [1.54, 1.807) is 4.57 Å². The van der Waals surface area contributed by atoms with Gasteiger partial charge < -0.3 is 19.3 Å². The van der Waals surface area contributed by atoms with Crippen LogP contribution < -0.4 is 5.56 Å². The van der Waals surface area contributed by atoms with Crippen molar-refractivity contribution in [2.24, 2.45) is 7.05 Å². The molecule has 3 aliphatic rings. The largest absolute Gasteiger partial charge is 0.483 e. The van der Waals surface area contributed by atoms with Gasteiger partial charge in [0.2, 0.25) is 5.91 Å². The first-order chi connectivity index (χ1) is 13.5. The third kappa shape index (κ3) is 2.71. The molecule has 8 heteroatoms. The number of hydrogen-bond acceptors (Lipinski definition) is 5. The van der Waals surface area contributed by atoms with Crippen molar-refractivity contribution in [3.63, 3.8) is 0 Å². The van der Waals surface area contributed by atoms with Crippen molar-refractivity contribution < 1.29 is 19.4 Å². The number of rotatable bonds is 2. The summed E-state index contributed by atoms with van der Waals surface area (Å²) in [7, 11) is 1.82. The maximum absolute atomic E-state index is 12.8. The van der Waals surface area contributed by atoms with Crippen molar-refractivity contribution in [3.05, 3.63) is 46.2 Å². The average molecular weight is 385 g/mol. The van der Waals surface area contributed by atoms with E-state index in [1.165, 1.54) is 0 Å². The van der Waals surface area contributed by atoms with Gasteiger partial charge in [-0.15, -0.1) is 0 Å². The topological polar surface area (TPSA) is 92.1 Å². The molecule has 148 valence electrons. The summed E-state index contributed by atoms with van der Waals surface area (Å²) in [5, 5.41) is 7.95. The predicted octanol–water partition coefficient (Wildman–Crippen LogP) is 0.772. The van der Waals surface area contributed by atoms with E-state index in [1.807, 2.05) is 42.3 Å². The van der Waals surface area contributed by atoms with Crippen molar-refractivity contribution in [2.45, 2.75) is 31.2 Å². The molecule has 1 aromatic carbocycles. The first-order valence-electron chi connectivity index (χ1n) is 9.36. The van der Waals surface area contributed by atoms with Gasteiger partial charge in [0.1, 0.15) is 0 Å². The summed E-state index contributed by atoms with van der Waals surface area (Å²) in [6.07, 6.45) is 1.32. The van der Waals surface area contributed by atoms with Crippen molar-refractivity contribution in [1.82, 2.24) is 14.4 Å². The van der Waals surface area contributed by atoms with Gasteiger partial charge in [-0.3, -0.25) is 19.3 Å². The van der Waals surface area contributed by atoms with E-state index < -0.39 is 5.72 Å². The van der Waals surface area contributed by atoms with Crippen LogP contribution in [0.2, 0.25) is 0 Å². The van der Waals surface area contributed by atoms with Crippen LogP contribution in [0.25, 0.3) is 10.9 Å². The monoisotopic (exact) mass is 385 g/mol. The van der Waals surface area contributed by atoms with Crippen molar-refractivity contribution >= 4 is 23.3 Å². The van der Waals surface area contributed by atoms with E-state index >= 15 is 0 Å². The molecule has 3 fully saturated rings. The molecule has 3 aliphatic heterocycles. The summed E-state index contributed by atoms with van der Waals surface area (Å²) in [5.74, 6) is 0.179. The molecule has 3 saturated heterocycles. The molecular weight excluding hydrogens is 362 g/mol. The minimum atomic E-state index is -0.445. The zero-order valence-electron chi connectivity index (χ0n) is 15.7. The number of amides is 1. The number of fused-ring (bicyclic) bond motifs is 1. The van der Waals surface area contributed by atoms with Crippen LogP contribution in [-0.4, -0.2) is 63.3 Å². The van der Waals surface area contributed by atoms with E-state index in [0.717, 1.165) is 29.4 Å². The molecule has 5 rings (SSSR count). The lowest BCUT2D eigenvalue weighted by Gasteiger charge is -2.31. The van der Waals surface area contributed by atoms with Gasteiger partial charge in [0.05, 0.1) is 18.2 Å². The molecule has 0 aliphatic carbocycles. The van der Waals surface area contributed by atoms with Crippen LogP contribution in [0.1, 0.15) is 18.4 Å². The summed E-state index contributed by atoms with van der Waals surface area (Å²) in [6, 6.07) is 9.98. The normalized spacial score (nSPS) is 26.1. The maximum atomic E-state index is 12.8. The number of carbonyl (C=O) groups is 2. The molecule has 0 radical (unpaired) electrons. The third-order valence-electron chi connectivity index (χ3n) is 6.09. The molecular formula is C20H23N3O5. The first-order valence-corrected chi connectivity index (χ1v) is 9.36. The Labute approximate surface area is 161 Å². The number of carboxylic acid groups (broad SMARTS) is 1. The molecule has 2 atom stereocenters. The molecule has 0 unspecified atom stereocenters. The van der Waals surface area contributed by atoms with Gasteiger partial charge in [-0.25, -0.2) is 0 Å². The van der Waals surface area contributed by atoms with Crippen molar-refractivity contribution in [1.29, 1.82) is 0 Å². The molecule has 1 amide bonds.